The summed E-state index contributed by atoms with van der Waals surface area (Å²) >= 11 is 1.14. The first-order valence-electron chi connectivity index (χ1n) is 6.52. The van der Waals surface area contributed by atoms with Crippen LogP contribution < -0.4 is 15.6 Å². The minimum absolute atomic E-state index is 0.235. The average Bonchev–Trinajstić information content (AvgIpc) is 2.87. The number of fused-ring (bicyclic) bond motifs is 1. The number of methoxy groups -OCH3 is 1. The Bertz CT molecular complexity index is 897. The van der Waals surface area contributed by atoms with E-state index in [2.05, 4.69) is 15.3 Å². The predicted octanol–water partition coefficient (Wildman–Crippen LogP) is 2.55. The molecule has 0 aliphatic heterocycles. The van der Waals surface area contributed by atoms with Crippen molar-refractivity contribution in [2.75, 3.05) is 12.4 Å². The molecule has 112 valence electrons. The van der Waals surface area contributed by atoms with E-state index in [9.17, 15) is 9.59 Å². The number of nitrogens with one attached hydrogen (secondary N) is 2. The monoisotopic (exact) mass is 315 g/mol. The second kappa shape index (κ2) is 5.61. The Morgan fingerprint density at radius 2 is 2.05 bits per heavy atom. The second-order valence-electron chi connectivity index (χ2n) is 4.65. The number of nitrogens with zero attached hydrogens (tertiary/aromatic N) is 1. The quantitative estimate of drug-likeness (QED) is 0.778. The van der Waals surface area contributed by atoms with Gasteiger partial charge in [-0.3, -0.25) is 9.59 Å². The van der Waals surface area contributed by atoms with Crippen LogP contribution in [-0.4, -0.2) is 23.0 Å². The molecule has 0 atom stereocenters. The van der Waals surface area contributed by atoms with Gasteiger partial charge < -0.3 is 15.0 Å². The van der Waals surface area contributed by atoms with Gasteiger partial charge in [-0.25, -0.2) is 4.98 Å². The Balaban J connectivity index is 1.93. The zero-order valence-electron chi connectivity index (χ0n) is 12.0. The molecule has 0 unspecified atom stereocenters. The first kappa shape index (κ1) is 14.3. The van der Waals surface area contributed by atoms with E-state index in [1.165, 1.54) is 6.33 Å². The lowest BCUT2D eigenvalue weighted by Gasteiger charge is -2.05. The molecule has 22 heavy (non-hydrogen) atoms. The van der Waals surface area contributed by atoms with Crippen molar-refractivity contribution in [1.82, 2.24) is 9.97 Å². The summed E-state index contributed by atoms with van der Waals surface area (Å²) in [7, 11) is 1.58. The topological polar surface area (TPSA) is 84.1 Å². The molecule has 7 heteroatoms. The van der Waals surface area contributed by atoms with Gasteiger partial charge >= 0.3 is 0 Å². The highest BCUT2D eigenvalue weighted by molar-refractivity contribution is 7.21. The van der Waals surface area contributed by atoms with Crippen molar-refractivity contribution >= 4 is 33.1 Å². The third-order valence-corrected chi connectivity index (χ3v) is 4.54. The van der Waals surface area contributed by atoms with Crippen LogP contribution in [0, 0.1) is 6.92 Å². The zero-order chi connectivity index (χ0) is 15.7. The van der Waals surface area contributed by atoms with Crippen molar-refractivity contribution in [3.8, 4) is 5.75 Å². The minimum Gasteiger partial charge on any atom is -0.497 e. The summed E-state index contributed by atoms with van der Waals surface area (Å²) in [6, 6.07) is 7.04. The van der Waals surface area contributed by atoms with Gasteiger partial charge in [0.05, 0.1) is 23.8 Å². The lowest BCUT2D eigenvalue weighted by Crippen LogP contribution is -2.11. The maximum atomic E-state index is 12.4. The Hall–Kier alpha value is -2.67. The summed E-state index contributed by atoms with van der Waals surface area (Å²) in [5.41, 5.74) is 1.69. The van der Waals surface area contributed by atoms with Crippen molar-refractivity contribution in [2.45, 2.75) is 6.92 Å². The number of carbonyl (C=O) groups is 1. The number of carbonyl (C=O) groups excluding carboxylic acids is 1. The van der Waals surface area contributed by atoms with E-state index < -0.39 is 0 Å². The molecule has 1 amide bonds. The number of ether oxygens (including phenoxy) is 1. The average molecular weight is 315 g/mol. The van der Waals surface area contributed by atoms with Crippen molar-refractivity contribution < 1.29 is 9.53 Å². The van der Waals surface area contributed by atoms with E-state index >= 15 is 0 Å². The number of hydrogen-bond donors (Lipinski definition) is 2. The van der Waals surface area contributed by atoms with Crippen LogP contribution in [0.5, 0.6) is 5.75 Å². The van der Waals surface area contributed by atoms with E-state index in [1.807, 2.05) is 0 Å². The molecule has 2 heterocycles. The Labute approximate surface area is 129 Å². The highest BCUT2D eigenvalue weighted by atomic mass is 32.1. The maximum Gasteiger partial charge on any atom is 0.268 e. The number of anilines is 1. The first-order valence-corrected chi connectivity index (χ1v) is 7.34. The molecule has 0 bridgehead atoms. The number of rotatable bonds is 3. The van der Waals surface area contributed by atoms with Crippen molar-refractivity contribution in [3.63, 3.8) is 0 Å². The highest BCUT2D eigenvalue weighted by Crippen LogP contribution is 2.27. The number of hydrogen-bond acceptors (Lipinski definition) is 5. The van der Waals surface area contributed by atoms with Gasteiger partial charge in [0.25, 0.3) is 11.5 Å². The SMILES string of the molecule is COc1ccc(NC(=O)c2sc3c(=O)[nH]cnc3c2C)cc1. The molecule has 3 rings (SSSR count). The van der Waals surface area contributed by atoms with E-state index in [0.717, 1.165) is 11.3 Å². The Morgan fingerprint density at radius 3 is 2.68 bits per heavy atom. The summed E-state index contributed by atoms with van der Waals surface area (Å²) in [5.74, 6) is 0.455. The zero-order valence-corrected chi connectivity index (χ0v) is 12.8. The van der Waals surface area contributed by atoms with Gasteiger partial charge in [-0.15, -0.1) is 11.3 Å². The van der Waals surface area contributed by atoms with E-state index in [1.54, 1.807) is 38.3 Å². The lowest BCUT2D eigenvalue weighted by atomic mass is 10.2. The fraction of sp³-hybridized carbons (Fsp3) is 0.133. The van der Waals surface area contributed by atoms with E-state index in [-0.39, 0.29) is 11.5 Å². The van der Waals surface area contributed by atoms with E-state index in [0.29, 0.717) is 32.1 Å². The molecule has 2 N–H and O–H groups in total. The molecule has 0 saturated carbocycles. The standard InChI is InChI=1S/C15H13N3O3S/c1-8-11-13(14(19)17-7-16-11)22-12(8)15(20)18-9-3-5-10(21-2)6-4-9/h3-7H,1-2H3,(H,18,20)(H,16,17,19). The van der Waals surface area contributed by atoms with Crippen LogP contribution in [0.4, 0.5) is 5.69 Å². The summed E-state index contributed by atoms with van der Waals surface area (Å²) in [6.07, 6.45) is 1.34. The Kier molecular flexibility index (Phi) is 3.64. The molecule has 0 fully saturated rings. The van der Waals surface area contributed by atoms with Crippen molar-refractivity contribution in [2.24, 2.45) is 0 Å². The van der Waals surface area contributed by atoms with Crippen LogP contribution in [0.15, 0.2) is 35.4 Å². The number of aromatic amines is 1. The normalized spacial score (nSPS) is 10.6. The van der Waals surface area contributed by atoms with Gasteiger partial charge in [0.1, 0.15) is 10.4 Å². The molecule has 3 aromatic rings. The predicted molar refractivity (Wildman–Crippen MR) is 85.9 cm³/mol. The fourth-order valence-corrected chi connectivity index (χ4v) is 3.17. The van der Waals surface area contributed by atoms with Gasteiger partial charge in [-0.05, 0) is 36.8 Å². The van der Waals surface area contributed by atoms with Crippen LogP contribution in [0.3, 0.4) is 0 Å². The molecular formula is C15H13N3O3S. The fourth-order valence-electron chi connectivity index (χ4n) is 2.11. The number of benzene rings is 1. The number of amides is 1. The number of aromatic nitrogens is 2. The van der Waals surface area contributed by atoms with Gasteiger partial charge in [0.15, 0.2) is 0 Å². The molecule has 1 aromatic carbocycles. The number of H-pyrrole nitrogens is 1. The van der Waals surface area contributed by atoms with Crippen LogP contribution in [0.2, 0.25) is 0 Å². The molecule has 0 aliphatic rings. The Morgan fingerprint density at radius 1 is 1.32 bits per heavy atom. The van der Waals surface area contributed by atoms with E-state index in [4.69, 9.17) is 4.74 Å². The molecule has 0 radical (unpaired) electrons. The van der Waals surface area contributed by atoms with Gasteiger partial charge in [0.2, 0.25) is 0 Å². The van der Waals surface area contributed by atoms with Crippen LogP contribution in [-0.2, 0) is 0 Å². The first-order chi connectivity index (χ1) is 10.6. The smallest absolute Gasteiger partial charge is 0.268 e. The summed E-state index contributed by atoms with van der Waals surface area (Å²) in [5, 5.41) is 2.81. The second-order valence-corrected chi connectivity index (χ2v) is 5.67. The van der Waals surface area contributed by atoms with Gasteiger partial charge in [-0.1, -0.05) is 0 Å². The van der Waals surface area contributed by atoms with Crippen LogP contribution in [0.1, 0.15) is 15.2 Å². The summed E-state index contributed by atoms with van der Waals surface area (Å²) in [4.78, 5) is 31.3. The molecular weight excluding hydrogens is 302 g/mol. The van der Waals surface area contributed by atoms with Crippen molar-refractivity contribution in [3.05, 3.63) is 51.4 Å². The maximum absolute atomic E-state index is 12.4. The van der Waals surface area contributed by atoms with Crippen molar-refractivity contribution in [1.29, 1.82) is 0 Å². The largest absolute Gasteiger partial charge is 0.497 e. The number of aryl methyl sites for hydroxylation is 1. The third-order valence-electron chi connectivity index (χ3n) is 3.26. The molecule has 0 aliphatic carbocycles. The van der Waals surface area contributed by atoms with Gasteiger partial charge in [-0.2, -0.15) is 0 Å². The summed E-state index contributed by atoms with van der Waals surface area (Å²) in [6.45, 7) is 1.79. The summed E-state index contributed by atoms with van der Waals surface area (Å²) < 4.78 is 5.53. The third kappa shape index (κ3) is 2.46. The van der Waals surface area contributed by atoms with Crippen LogP contribution in [0.25, 0.3) is 10.2 Å². The molecule has 6 nitrogen and oxygen atoms in total. The molecule has 0 spiro atoms. The van der Waals surface area contributed by atoms with Crippen LogP contribution >= 0.6 is 11.3 Å². The van der Waals surface area contributed by atoms with Gasteiger partial charge in [0, 0.05) is 5.69 Å². The lowest BCUT2D eigenvalue weighted by molar-refractivity contribution is 0.103. The molecule has 0 saturated heterocycles. The highest BCUT2D eigenvalue weighted by Gasteiger charge is 2.18. The minimum atomic E-state index is -0.259. The number of thiophene rings is 1. The molecule has 2 aromatic heterocycles.